The van der Waals surface area contributed by atoms with Crippen LogP contribution in [0.25, 0.3) is 0 Å². The van der Waals surface area contributed by atoms with Crippen molar-refractivity contribution in [3.63, 3.8) is 0 Å². The molecule has 1 N–H and O–H groups in total. The van der Waals surface area contributed by atoms with Gasteiger partial charge in [0.15, 0.2) is 5.03 Å². The van der Waals surface area contributed by atoms with Crippen LogP contribution in [0.15, 0.2) is 30.3 Å². The molecule has 1 rings (SSSR count). The van der Waals surface area contributed by atoms with Crippen LogP contribution in [0.3, 0.4) is 0 Å². The molecule has 0 unspecified atom stereocenters. The summed E-state index contributed by atoms with van der Waals surface area (Å²) < 4.78 is 0. The van der Waals surface area contributed by atoms with Crippen LogP contribution in [0, 0.1) is 10.1 Å². The Bertz CT molecular complexity index is 276. The maximum Gasteiger partial charge on any atom is 0.165 e. The molecule has 1 aromatic rings. The van der Waals surface area contributed by atoms with E-state index in [0.717, 1.165) is 5.01 Å². The summed E-state index contributed by atoms with van der Waals surface area (Å²) in [6.45, 7) is -0.243. The zero-order valence-corrected chi connectivity index (χ0v) is 6.96. The molecule has 0 radical (unpaired) electrons. The van der Waals surface area contributed by atoms with E-state index in [1.165, 1.54) is 0 Å². The Morgan fingerprint density at radius 2 is 2.00 bits per heavy atom. The summed E-state index contributed by atoms with van der Waals surface area (Å²) in [6, 6.07) is 8.45. The number of anilines is 1. The van der Waals surface area contributed by atoms with Crippen LogP contribution >= 0.6 is 0 Å². The molecule has 5 nitrogen and oxygen atoms in total. The van der Waals surface area contributed by atoms with Crippen molar-refractivity contribution >= 4 is 5.69 Å². The molecule has 0 fully saturated rings. The minimum absolute atomic E-state index is 0.00296. The van der Waals surface area contributed by atoms with E-state index in [1.807, 2.05) is 0 Å². The van der Waals surface area contributed by atoms with Gasteiger partial charge >= 0.3 is 0 Å². The average Bonchev–Trinajstić information content (AvgIpc) is 2.15. The molecule has 0 heterocycles. The Hall–Kier alpha value is -1.62. The summed E-state index contributed by atoms with van der Waals surface area (Å²) in [5.74, 6) is 0. The van der Waals surface area contributed by atoms with Crippen LogP contribution in [-0.4, -0.2) is 23.3 Å². The predicted molar refractivity (Wildman–Crippen MR) is 47.9 cm³/mol. The van der Waals surface area contributed by atoms with Crippen molar-refractivity contribution in [3.05, 3.63) is 40.4 Å². The highest BCUT2D eigenvalue weighted by Crippen LogP contribution is 2.11. The number of para-hydroxylation sites is 1. The molecule has 0 aliphatic heterocycles. The lowest BCUT2D eigenvalue weighted by Gasteiger charge is -2.11. The first-order chi connectivity index (χ1) is 6.25. The van der Waals surface area contributed by atoms with E-state index in [-0.39, 0.29) is 13.2 Å². The Labute approximate surface area is 75.3 Å². The molecule has 0 spiro atoms. The second-order valence-electron chi connectivity index (χ2n) is 2.42. The number of benzene rings is 1. The van der Waals surface area contributed by atoms with Gasteiger partial charge in [0.05, 0.1) is 6.61 Å². The maximum absolute atomic E-state index is 10.5. The van der Waals surface area contributed by atoms with Crippen molar-refractivity contribution in [2.75, 3.05) is 18.2 Å². The van der Waals surface area contributed by atoms with E-state index in [1.54, 1.807) is 30.3 Å². The molecule has 1 aromatic carbocycles. The fourth-order valence-electron chi connectivity index (χ4n) is 1.000. The second-order valence-corrected chi connectivity index (χ2v) is 2.42. The Morgan fingerprint density at radius 1 is 1.38 bits per heavy atom. The molecule has 70 valence electrons. The quantitative estimate of drug-likeness (QED) is 0.549. The van der Waals surface area contributed by atoms with Crippen molar-refractivity contribution in [2.24, 2.45) is 0 Å². The second kappa shape index (κ2) is 4.42. The molecule has 0 atom stereocenters. The fourth-order valence-corrected chi connectivity index (χ4v) is 1.000. The topological polar surface area (TPSA) is 66.6 Å². The summed E-state index contributed by atoms with van der Waals surface area (Å²) in [7, 11) is 0. The van der Waals surface area contributed by atoms with Crippen LogP contribution in [0.4, 0.5) is 5.69 Å². The molecule has 0 amide bonds. The fraction of sp³-hybridized carbons (Fsp3) is 0.250. The van der Waals surface area contributed by atoms with Crippen molar-refractivity contribution in [1.82, 2.24) is 0 Å². The first kappa shape index (κ1) is 9.47. The lowest BCUT2D eigenvalue weighted by Crippen LogP contribution is -2.32. The highest BCUT2D eigenvalue weighted by atomic mass is 16.7. The Kier molecular flexibility index (Phi) is 3.22. The highest BCUT2D eigenvalue weighted by molar-refractivity contribution is 5.42. The summed E-state index contributed by atoms with van der Waals surface area (Å²) in [6.07, 6.45) is 0. The molecule has 13 heavy (non-hydrogen) atoms. The largest absolute Gasteiger partial charge is 0.394 e. The van der Waals surface area contributed by atoms with Crippen molar-refractivity contribution < 1.29 is 10.1 Å². The van der Waals surface area contributed by atoms with Crippen LogP contribution in [-0.2, 0) is 0 Å². The first-order valence-corrected chi connectivity index (χ1v) is 3.83. The van der Waals surface area contributed by atoms with Crippen LogP contribution < -0.4 is 5.01 Å². The van der Waals surface area contributed by atoms with Gasteiger partial charge in [-0.1, -0.05) is 23.2 Å². The number of aliphatic hydroxyl groups is 1. The Balaban J connectivity index is 2.82. The third kappa shape index (κ3) is 2.41. The summed E-state index contributed by atoms with van der Waals surface area (Å²) >= 11 is 0. The van der Waals surface area contributed by atoms with Gasteiger partial charge in [-0.3, -0.25) is 0 Å². The lowest BCUT2D eigenvalue weighted by molar-refractivity contribution is -0.495. The van der Waals surface area contributed by atoms with Gasteiger partial charge in [-0.25, -0.2) is 10.1 Å². The molecular weight excluding hydrogens is 172 g/mol. The van der Waals surface area contributed by atoms with Crippen LogP contribution in [0.2, 0.25) is 0 Å². The number of aliphatic hydroxyl groups excluding tert-OH is 1. The number of hydrazine groups is 1. The predicted octanol–water partition coefficient (Wildman–Crippen LogP) is 0.677. The van der Waals surface area contributed by atoms with Gasteiger partial charge in [-0.15, -0.1) is 0 Å². The van der Waals surface area contributed by atoms with E-state index in [0.29, 0.717) is 5.69 Å². The number of hydrogen-bond donors (Lipinski definition) is 1. The van der Waals surface area contributed by atoms with E-state index in [2.05, 4.69) is 0 Å². The number of nitro groups is 1. The van der Waals surface area contributed by atoms with Crippen molar-refractivity contribution in [3.8, 4) is 0 Å². The minimum Gasteiger partial charge on any atom is -0.394 e. The highest BCUT2D eigenvalue weighted by Gasteiger charge is 2.14. The third-order valence-electron chi connectivity index (χ3n) is 1.56. The van der Waals surface area contributed by atoms with Gasteiger partial charge in [0.1, 0.15) is 12.2 Å². The van der Waals surface area contributed by atoms with E-state index in [9.17, 15) is 10.1 Å². The molecule has 0 aliphatic carbocycles. The first-order valence-electron chi connectivity index (χ1n) is 3.83. The molecular formula is C8H10N2O3. The summed E-state index contributed by atoms with van der Waals surface area (Å²) in [5, 5.41) is 19.5. The van der Waals surface area contributed by atoms with E-state index < -0.39 is 5.03 Å². The standard InChI is InChI=1S/C8H10N2O3/c11-7-6-9(10(12)13)8-4-2-1-3-5-8/h1-5,11H,6-7H2. The monoisotopic (exact) mass is 182 g/mol. The SMILES string of the molecule is O=[N+]([O-])N(CCO)c1ccccc1. The van der Waals surface area contributed by atoms with Gasteiger partial charge in [0.25, 0.3) is 0 Å². The van der Waals surface area contributed by atoms with E-state index in [4.69, 9.17) is 5.11 Å². The molecule has 0 aliphatic rings. The smallest absolute Gasteiger partial charge is 0.165 e. The average molecular weight is 182 g/mol. The van der Waals surface area contributed by atoms with Gasteiger partial charge in [-0.2, -0.15) is 0 Å². The molecule has 5 heteroatoms. The zero-order chi connectivity index (χ0) is 9.68. The maximum atomic E-state index is 10.5. The van der Waals surface area contributed by atoms with Crippen molar-refractivity contribution in [1.29, 1.82) is 0 Å². The molecule has 0 aromatic heterocycles. The Morgan fingerprint density at radius 3 is 2.46 bits per heavy atom. The number of nitrogens with zero attached hydrogens (tertiary/aromatic N) is 2. The number of rotatable bonds is 4. The molecule has 0 saturated carbocycles. The zero-order valence-electron chi connectivity index (χ0n) is 6.96. The van der Waals surface area contributed by atoms with E-state index >= 15 is 0 Å². The minimum atomic E-state index is -0.536. The van der Waals surface area contributed by atoms with Crippen LogP contribution in [0.5, 0.6) is 0 Å². The lowest BCUT2D eigenvalue weighted by atomic mass is 10.3. The van der Waals surface area contributed by atoms with Gasteiger partial charge < -0.3 is 5.11 Å². The normalized spacial score (nSPS) is 9.62. The van der Waals surface area contributed by atoms with Gasteiger partial charge in [-0.05, 0) is 12.1 Å². The van der Waals surface area contributed by atoms with Gasteiger partial charge in [0.2, 0.25) is 0 Å². The summed E-state index contributed by atoms with van der Waals surface area (Å²) in [5.41, 5.74) is 0.474. The summed E-state index contributed by atoms with van der Waals surface area (Å²) in [4.78, 5) is 10.5. The van der Waals surface area contributed by atoms with Crippen molar-refractivity contribution in [2.45, 2.75) is 0 Å². The molecule has 0 bridgehead atoms. The van der Waals surface area contributed by atoms with Crippen LogP contribution in [0.1, 0.15) is 0 Å². The third-order valence-corrected chi connectivity index (χ3v) is 1.56. The molecule has 0 saturated heterocycles. The van der Waals surface area contributed by atoms with Gasteiger partial charge in [0, 0.05) is 0 Å². The number of hydrogen-bond acceptors (Lipinski definition) is 3.